The van der Waals surface area contributed by atoms with Crippen molar-refractivity contribution in [1.82, 2.24) is 0 Å². The van der Waals surface area contributed by atoms with E-state index in [4.69, 9.17) is 0 Å². The van der Waals surface area contributed by atoms with Crippen LogP contribution in [0.25, 0.3) is 0 Å². The molecule has 0 aromatic carbocycles. The third-order valence-corrected chi connectivity index (χ3v) is 5.08. The van der Waals surface area contributed by atoms with E-state index in [-0.39, 0.29) is 10.8 Å². The molecule has 2 bridgehead atoms. The summed E-state index contributed by atoms with van der Waals surface area (Å²) in [7, 11) is 0. The minimum Gasteiger partial charge on any atom is -0.211 e. The van der Waals surface area contributed by atoms with Gasteiger partial charge in [-0.2, -0.15) is 0 Å². The lowest BCUT2D eigenvalue weighted by Gasteiger charge is -2.39. The van der Waals surface area contributed by atoms with Gasteiger partial charge in [0, 0.05) is 10.8 Å². The quantitative estimate of drug-likeness (QED) is 0.531. The Morgan fingerprint density at radius 3 is 1.79 bits per heavy atom. The Kier molecular flexibility index (Phi) is 3.87. The van der Waals surface area contributed by atoms with Crippen LogP contribution < -0.4 is 0 Å². The second-order valence-electron chi connectivity index (χ2n) is 5.43. The van der Waals surface area contributed by atoms with Crippen LogP contribution in [0.15, 0.2) is 15.0 Å². The summed E-state index contributed by atoms with van der Waals surface area (Å²) in [6.45, 7) is 0.956. The van der Waals surface area contributed by atoms with Gasteiger partial charge in [-0.15, -0.1) is 0 Å². The molecule has 0 spiro atoms. The molecule has 0 aliphatic heterocycles. The number of rotatable bonds is 6. The summed E-state index contributed by atoms with van der Waals surface area (Å²) >= 11 is 0. The zero-order valence-electron chi connectivity index (χ0n) is 10.6. The van der Waals surface area contributed by atoms with Gasteiger partial charge >= 0.3 is 0 Å². The number of isocyanates is 3. The number of fused-ring (bicyclic) bond motifs is 2. The van der Waals surface area contributed by atoms with E-state index in [0.717, 1.165) is 25.7 Å². The molecule has 0 unspecified atom stereocenters. The summed E-state index contributed by atoms with van der Waals surface area (Å²) < 4.78 is 0. The monoisotopic (exact) mass is 261 g/mol. The van der Waals surface area contributed by atoms with Gasteiger partial charge in [-0.05, 0) is 31.6 Å². The largest absolute Gasteiger partial charge is 0.234 e. The fourth-order valence-electron chi connectivity index (χ4n) is 4.14. The predicted octanol–water partition coefficient (Wildman–Crippen LogP) is 1.17. The number of hydrogen-bond donors (Lipinski definition) is 0. The maximum absolute atomic E-state index is 10.4. The van der Waals surface area contributed by atoms with Crippen LogP contribution in [-0.4, -0.2) is 37.9 Å². The molecule has 0 heterocycles. The van der Waals surface area contributed by atoms with Crippen LogP contribution in [0.2, 0.25) is 0 Å². The van der Waals surface area contributed by atoms with E-state index < -0.39 is 0 Å². The number of nitrogens with zero attached hydrogens (tertiary/aromatic N) is 3. The first kappa shape index (κ1) is 13.6. The molecule has 2 aliphatic rings. The lowest BCUT2D eigenvalue weighted by Crippen LogP contribution is -2.43. The Morgan fingerprint density at radius 2 is 1.32 bits per heavy atom. The first-order chi connectivity index (χ1) is 9.24. The van der Waals surface area contributed by atoms with Crippen LogP contribution >= 0.6 is 0 Å². The maximum atomic E-state index is 10.4. The molecule has 100 valence electrons. The molecule has 0 amide bonds. The summed E-state index contributed by atoms with van der Waals surface area (Å²) in [6, 6.07) is 0. The van der Waals surface area contributed by atoms with E-state index in [1.807, 2.05) is 0 Å². The smallest absolute Gasteiger partial charge is 0.211 e. The molecule has 0 aromatic heterocycles. The van der Waals surface area contributed by atoms with Crippen LogP contribution in [0.4, 0.5) is 0 Å². The Bertz CT molecular complexity index is 469. The molecule has 2 saturated carbocycles. The fourth-order valence-corrected chi connectivity index (χ4v) is 4.14. The average Bonchev–Trinajstić information content (AvgIpc) is 2.90. The Hall–Kier alpha value is -1.86. The second kappa shape index (κ2) is 5.41. The SMILES string of the molecule is O=C=NCC12CCC(CC1)C2(CN=C=O)CN=C=O. The first-order valence-corrected chi connectivity index (χ1v) is 6.35. The van der Waals surface area contributed by atoms with E-state index in [1.165, 1.54) is 0 Å². The van der Waals surface area contributed by atoms with Crippen molar-refractivity contribution in [1.29, 1.82) is 0 Å². The van der Waals surface area contributed by atoms with Crippen LogP contribution in [0.1, 0.15) is 25.7 Å². The Balaban J connectivity index is 2.40. The molecule has 6 heteroatoms. The lowest BCUT2D eigenvalue weighted by molar-refractivity contribution is 0.113. The Morgan fingerprint density at radius 1 is 0.842 bits per heavy atom. The highest BCUT2D eigenvalue weighted by atomic mass is 16.1. The normalized spacial score (nSPS) is 35.1. The van der Waals surface area contributed by atoms with Crippen molar-refractivity contribution in [3.8, 4) is 0 Å². The number of aliphatic imine (C=N–C) groups is 3. The number of carbonyl (C=O) groups excluding carboxylic acids is 3. The fraction of sp³-hybridized carbons (Fsp3) is 0.769. The highest BCUT2D eigenvalue weighted by molar-refractivity contribution is 5.36. The van der Waals surface area contributed by atoms with Gasteiger partial charge in [-0.1, -0.05) is 0 Å². The highest BCUT2D eigenvalue weighted by Gasteiger charge is 2.63. The van der Waals surface area contributed by atoms with Crippen LogP contribution in [0.5, 0.6) is 0 Å². The molecule has 2 aliphatic carbocycles. The summed E-state index contributed by atoms with van der Waals surface area (Å²) in [5.41, 5.74) is -0.558. The van der Waals surface area contributed by atoms with E-state index in [0.29, 0.717) is 25.6 Å². The first-order valence-electron chi connectivity index (χ1n) is 6.35. The molecule has 2 fully saturated rings. The van der Waals surface area contributed by atoms with E-state index in [2.05, 4.69) is 15.0 Å². The van der Waals surface area contributed by atoms with Gasteiger partial charge < -0.3 is 0 Å². The molecule has 0 N–H and O–H groups in total. The van der Waals surface area contributed by atoms with E-state index >= 15 is 0 Å². The van der Waals surface area contributed by atoms with Crippen molar-refractivity contribution in [3.05, 3.63) is 0 Å². The standard InChI is InChI=1S/C13H15N3O3/c17-8-14-5-12-3-1-11(2-4-12)13(12,6-15-9-18)7-16-10-19/h11H,1-7H2. The van der Waals surface area contributed by atoms with Gasteiger partial charge in [0.05, 0.1) is 19.6 Å². The highest BCUT2D eigenvalue weighted by Crippen LogP contribution is 2.66. The van der Waals surface area contributed by atoms with Gasteiger partial charge in [0.1, 0.15) is 0 Å². The van der Waals surface area contributed by atoms with Crippen molar-refractivity contribution in [3.63, 3.8) is 0 Å². The molecule has 0 radical (unpaired) electrons. The minimum atomic E-state index is -0.359. The van der Waals surface area contributed by atoms with Crippen LogP contribution in [0, 0.1) is 16.7 Å². The molecular formula is C13H15N3O3. The molecular weight excluding hydrogens is 246 g/mol. The molecule has 2 rings (SSSR count). The second-order valence-corrected chi connectivity index (χ2v) is 5.43. The van der Waals surface area contributed by atoms with E-state index in [9.17, 15) is 14.4 Å². The van der Waals surface area contributed by atoms with Crippen molar-refractivity contribution < 1.29 is 14.4 Å². The zero-order valence-corrected chi connectivity index (χ0v) is 10.6. The zero-order chi connectivity index (χ0) is 13.8. The molecule has 19 heavy (non-hydrogen) atoms. The van der Waals surface area contributed by atoms with Gasteiger partial charge in [0.2, 0.25) is 18.2 Å². The Labute approximate surface area is 110 Å². The predicted molar refractivity (Wildman–Crippen MR) is 65.8 cm³/mol. The summed E-state index contributed by atoms with van der Waals surface area (Å²) in [5.74, 6) is 0.364. The van der Waals surface area contributed by atoms with Gasteiger partial charge in [0.25, 0.3) is 0 Å². The van der Waals surface area contributed by atoms with Gasteiger partial charge in [-0.25, -0.2) is 29.4 Å². The van der Waals surface area contributed by atoms with Crippen molar-refractivity contribution >= 4 is 18.2 Å². The maximum Gasteiger partial charge on any atom is 0.234 e. The minimum absolute atomic E-state index is 0.199. The van der Waals surface area contributed by atoms with Crippen LogP contribution in [0.3, 0.4) is 0 Å². The summed E-state index contributed by atoms with van der Waals surface area (Å²) in [5, 5.41) is 0. The third kappa shape index (κ3) is 2.00. The van der Waals surface area contributed by atoms with E-state index in [1.54, 1.807) is 18.2 Å². The topological polar surface area (TPSA) is 88.3 Å². The number of hydrogen-bond acceptors (Lipinski definition) is 6. The molecule has 0 saturated heterocycles. The third-order valence-electron chi connectivity index (χ3n) is 5.08. The van der Waals surface area contributed by atoms with Gasteiger partial charge in [0.15, 0.2) is 0 Å². The molecule has 0 atom stereocenters. The average molecular weight is 261 g/mol. The summed E-state index contributed by atoms with van der Waals surface area (Å²) in [6.07, 6.45) is 8.55. The van der Waals surface area contributed by atoms with Crippen molar-refractivity contribution in [2.45, 2.75) is 25.7 Å². The lowest BCUT2D eigenvalue weighted by atomic mass is 9.66. The molecule has 6 nitrogen and oxygen atoms in total. The molecule has 0 aromatic rings. The van der Waals surface area contributed by atoms with Crippen molar-refractivity contribution in [2.24, 2.45) is 31.7 Å². The summed E-state index contributed by atoms with van der Waals surface area (Å²) in [4.78, 5) is 42.5. The van der Waals surface area contributed by atoms with Crippen LogP contribution in [-0.2, 0) is 14.4 Å². The van der Waals surface area contributed by atoms with Crippen molar-refractivity contribution in [2.75, 3.05) is 19.6 Å². The van der Waals surface area contributed by atoms with Gasteiger partial charge in [-0.3, -0.25) is 0 Å².